The summed E-state index contributed by atoms with van der Waals surface area (Å²) >= 11 is 0. The Kier molecular flexibility index (Phi) is 9.89. The molecule has 0 bridgehead atoms. The molecule has 0 saturated carbocycles. The van der Waals surface area contributed by atoms with E-state index in [1.807, 2.05) is 80.6 Å². The predicted molar refractivity (Wildman–Crippen MR) is 138 cm³/mol. The molecule has 0 heterocycles. The fourth-order valence-corrected chi connectivity index (χ4v) is 3.66. The molecule has 0 spiro atoms. The molecule has 7 heteroatoms. The number of benzene rings is 3. The Morgan fingerprint density at radius 3 is 1.92 bits per heavy atom. The van der Waals surface area contributed by atoms with Crippen LogP contribution in [0, 0.1) is 5.92 Å². The van der Waals surface area contributed by atoms with Crippen LogP contribution in [0.5, 0.6) is 11.5 Å². The van der Waals surface area contributed by atoms with Gasteiger partial charge in [0.1, 0.15) is 25.4 Å². The van der Waals surface area contributed by atoms with Crippen LogP contribution in [0.25, 0.3) is 0 Å². The lowest BCUT2D eigenvalue weighted by Crippen LogP contribution is -2.49. The van der Waals surface area contributed by atoms with Crippen molar-refractivity contribution >= 4 is 11.8 Å². The normalized spacial score (nSPS) is 12.6. The minimum atomic E-state index is -1.20. The van der Waals surface area contributed by atoms with Crippen molar-refractivity contribution < 1.29 is 24.2 Å². The quantitative estimate of drug-likeness (QED) is 0.338. The summed E-state index contributed by atoms with van der Waals surface area (Å²) in [6.07, 6.45) is -0.761. The van der Waals surface area contributed by atoms with Crippen molar-refractivity contribution in [2.24, 2.45) is 11.7 Å². The molecule has 0 aromatic heterocycles. The van der Waals surface area contributed by atoms with Crippen LogP contribution in [-0.4, -0.2) is 29.1 Å². The average molecular weight is 491 g/mol. The Balaban J connectivity index is 1.76. The molecule has 2 atom stereocenters. The Bertz CT molecular complexity index is 1120. The van der Waals surface area contributed by atoms with Gasteiger partial charge in [-0.15, -0.1) is 0 Å². The predicted octanol–water partition coefficient (Wildman–Crippen LogP) is 3.76. The summed E-state index contributed by atoms with van der Waals surface area (Å²) in [6, 6.07) is 24.0. The Morgan fingerprint density at radius 1 is 0.833 bits per heavy atom. The van der Waals surface area contributed by atoms with Crippen LogP contribution >= 0.6 is 0 Å². The lowest BCUT2D eigenvalue weighted by Gasteiger charge is -2.20. The highest BCUT2D eigenvalue weighted by atomic mass is 16.5. The maximum atomic E-state index is 12.4. The molecule has 3 rings (SSSR count). The fraction of sp³-hybridized carbons (Fsp3) is 0.310. The Hall–Kier alpha value is -3.84. The van der Waals surface area contributed by atoms with Crippen LogP contribution < -0.4 is 20.5 Å². The van der Waals surface area contributed by atoms with E-state index in [0.29, 0.717) is 31.1 Å². The first-order valence-electron chi connectivity index (χ1n) is 12.1. The molecule has 0 saturated heterocycles. The molecule has 36 heavy (non-hydrogen) atoms. The van der Waals surface area contributed by atoms with Crippen LogP contribution in [0.1, 0.15) is 37.0 Å². The van der Waals surface area contributed by atoms with Gasteiger partial charge in [-0.05, 0) is 41.2 Å². The molecule has 0 radical (unpaired) electrons. The number of amides is 2. The van der Waals surface area contributed by atoms with Gasteiger partial charge >= 0.3 is 0 Å². The van der Waals surface area contributed by atoms with Gasteiger partial charge in [0.05, 0.1) is 0 Å². The van der Waals surface area contributed by atoms with Gasteiger partial charge in [0.25, 0.3) is 0 Å². The molecular weight excluding hydrogens is 456 g/mol. The Morgan fingerprint density at radius 2 is 1.39 bits per heavy atom. The molecule has 0 aliphatic heterocycles. The molecule has 0 aliphatic carbocycles. The van der Waals surface area contributed by atoms with Crippen molar-refractivity contribution in [3.8, 4) is 11.5 Å². The minimum Gasteiger partial charge on any atom is -0.485 e. The minimum absolute atomic E-state index is 0.130. The number of rotatable bonds is 13. The summed E-state index contributed by atoms with van der Waals surface area (Å²) in [6.45, 7) is 4.51. The molecule has 0 unspecified atom stereocenters. The first kappa shape index (κ1) is 26.8. The number of nitrogens with one attached hydrogen (secondary N) is 1. The van der Waals surface area contributed by atoms with Gasteiger partial charge in [0.2, 0.25) is 11.8 Å². The third-order valence-electron chi connectivity index (χ3n) is 5.58. The topological polar surface area (TPSA) is 111 Å². The van der Waals surface area contributed by atoms with E-state index in [-0.39, 0.29) is 12.3 Å². The van der Waals surface area contributed by atoms with Gasteiger partial charge in [-0.1, -0.05) is 80.6 Å². The van der Waals surface area contributed by atoms with E-state index in [0.717, 1.165) is 16.7 Å². The van der Waals surface area contributed by atoms with Crippen molar-refractivity contribution in [2.75, 3.05) is 0 Å². The summed E-state index contributed by atoms with van der Waals surface area (Å²) in [5.74, 6) is -0.0927. The molecule has 4 N–H and O–H groups in total. The van der Waals surface area contributed by atoms with Gasteiger partial charge in [0.15, 0.2) is 11.5 Å². The highest BCUT2D eigenvalue weighted by Crippen LogP contribution is 2.30. The standard InChI is InChI=1S/C29H34N2O5/c1-20(2)15-25(32)29(34)31-24(28(30)33)16-23-13-14-26(35-18-21-9-5-3-6-10-21)27(17-23)36-19-22-11-7-4-8-12-22/h3-14,17,20,24-25,32H,15-16,18-19H2,1-2H3,(H2,30,33)(H,31,34)/t24-,25+/m0/s1. The lowest BCUT2D eigenvalue weighted by molar-refractivity contribution is -0.133. The summed E-state index contributed by atoms with van der Waals surface area (Å²) < 4.78 is 12.1. The lowest BCUT2D eigenvalue weighted by atomic mass is 10.0. The van der Waals surface area contributed by atoms with Gasteiger partial charge in [-0.3, -0.25) is 9.59 Å². The highest BCUT2D eigenvalue weighted by molar-refractivity contribution is 5.88. The SMILES string of the molecule is CC(C)C[C@@H](O)C(=O)N[C@@H](Cc1ccc(OCc2ccccc2)c(OCc2ccccc2)c1)C(N)=O. The molecule has 190 valence electrons. The number of aliphatic hydroxyl groups excluding tert-OH is 1. The van der Waals surface area contributed by atoms with Gasteiger partial charge in [-0.2, -0.15) is 0 Å². The first-order valence-corrected chi connectivity index (χ1v) is 12.1. The molecule has 0 aliphatic rings. The third-order valence-corrected chi connectivity index (χ3v) is 5.58. The van der Waals surface area contributed by atoms with E-state index in [2.05, 4.69) is 5.32 Å². The van der Waals surface area contributed by atoms with E-state index >= 15 is 0 Å². The number of carbonyl (C=O) groups excluding carboxylic acids is 2. The summed E-state index contributed by atoms with van der Waals surface area (Å²) in [5, 5.41) is 12.7. The van der Waals surface area contributed by atoms with Crippen molar-refractivity contribution in [2.45, 2.75) is 52.0 Å². The van der Waals surface area contributed by atoms with Crippen LogP contribution in [0.3, 0.4) is 0 Å². The molecule has 3 aromatic rings. The molecular formula is C29H34N2O5. The van der Waals surface area contributed by atoms with E-state index in [9.17, 15) is 14.7 Å². The Labute approximate surface area is 212 Å². The summed E-state index contributed by atoms with van der Waals surface area (Å²) in [4.78, 5) is 24.4. The summed E-state index contributed by atoms with van der Waals surface area (Å²) in [7, 11) is 0. The van der Waals surface area contributed by atoms with Gasteiger partial charge in [-0.25, -0.2) is 0 Å². The second kappa shape index (κ2) is 13.3. The van der Waals surface area contributed by atoms with E-state index < -0.39 is 24.0 Å². The monoisotopic (exact) mass is 490 g/mol. The number of primary amides is 1. The number of hydrogen-bond acceptors (Lipinski definition) is 5. The maximum absolute atomic E-state index is 12.4. The largest absolute Gasteiger partial charge is 0.485 e. The van der Waals surface area contributed by atoms with Crippen LogP contribution in [0.4, 0.5) is 0 Å². The van der Waals surface area contributed by atoms with E-state index in [4.69, 9.17) is 15.2 Å². The number of aliphatic hydroxyl groups is 1. The third kappa shape index (κ3) is 8.43. The molecule has 7 nitrogen and oxygen atoms in total. The second-order valence-electron chi connectivity index (χ2n) is 9.14. The number of hydrogen-bond donors (Lipinski definition) is 3. The number of ether oxygens (including phenoxy) is 2. The van der Waals surface area contributed by atoms with Gasteiger partial charge in [0, 0.05) is 6.42 Å². The van der Waals surface area contributed by atoms with Crippen LogP contribution in [0.2, 0.25) is 0 Å². The van der Waals surface area contributed by atoms with Gasteiger partial charge < -0.3 is 25.6 Å². The van der Waals surface area contributed by atoms with E-state index in [1.165, 1.54) is 0 Å². The maximum Gasteiger partial charge on any atom is 0.249 e. The fourth-order valence-electron chi connectivity index (χ4n) is 3.66. The van der Waals surface area contributed by atoms with Crippen molar-refractivity contribution in [3.05, 3.63) is 95.6 Å². The zero-order valence-corrected chi connectivity index (χ0v) is 20.7. The molecule has 2 amide bonds. The number of carbonyl (C=O) groups is 2. The van der Waals surface area contributed by atoms with Crippen molar-refractivity contribution in [3.63, 3.8) is 0 Å². The van der Waals surface area contributed by atoms with Crippen LogP contribution in [-0.2, 0) is 29.2 Å². The summed E-state index contributed by atoms with van der Waals surface area (Å²) in [5.41, 5.74) is 8.31. The van der Waals surface area contributed by atoms with E-state index in [1.54, 1.807) is 12.1 Å². The molecule has 0 fully saturated rings. The van der Waals surface area contributed by atoms with Crippen molar-refractivity contribution in [1.29, 1.82) is 0 Å². The molecule has 3 aromatic carbocycles. The highest BCUT2D eigenvalue weighted by Gasteiger charge is 2.24. The average Bonchev–Trinajstić information content (AvgIpc) is 2.87. The van der Waals surface area contributed by atoms with Crippen LogP contribution in [0.15, 0.2) is 78.9 Å². The smallest absolute Gasteiger partial charge is 0.249 e. The zero-order chi connectivity index (χ0) is 25.9. The second-order valence-corrected chi connectivity index (χ2v) is 9.14. The first-order chi connectivity index (χ1) is 17.3. The zero-order valence-electron chi connectivity index (χ0n) is 20.7. The number of nitrogens with two attached hydrogens (primary N) is 1. The van der Waals surface area contributed by atoms with Crippen molar-refractivity contribution in [1.82, 2.24) is 5.32 Å².